The van der Waals surface area contributed by atoms with E-state index in [9.17, 15) is 0 Å². The van der Waals surface area contributed by atoms with E-state index in [2.05, 4.69) is 34.3 Å². The number of nitrogens with zero attached hydrogens (tertiary/aromatic N) is 6. The van der Waals surface area contributed by atoms with Crippen LogP contribution in [-0.4, -0.2) is 62.7 Å². The number of nitrogens with one attached hydrogen (secondary N) is 1. The molecule has 2 aromatic rings. The monoisotopic (exact) mass is 309 g/mol. The summed E-state index contributed by atoms with van der Waals surface area (Å²) in [6.45, 7) is 7.04. The van der Waals surface area contributed by atoms with Crippen LogP contribution in [0, 0.1) is 6.92 Å². The van der Waals surface area contributed by atoms with E-state index in [-0.39, 0.29) is 0 Å². The average molecular weight is 309 g/mol. The fourth-order valence-electron chi connectivity index (χ4n) is 2.32. The van der Waals surface area contributed by atoms with Crippen LogP contribution >= 0.6 is 11.5 Å². The van der Waals surface area contributed by atoms with E-state index in [1.54, 1.807) is 7.11 Å². The number of piperazine rings is 1. The number of hydrogen-bond acceptors (Lipinski definition) is 8. The van der Waals surface area contributed by atoms with E-state index in [0.29, 0.717) is 6.61 Å². The van der Waals surface area contributed by atoms with Crippen LogP contribution in [0.15, 0.2) is 0 Å². The molecule has 0 amide bonds. The van der Waals surface area contributed by atoms with E-state index in [0.717, 1.165) is 55.3 Å². The largest absolute Gasteiger partial charge is 0.377 e. The van der Waals surface area contributed by atoms with Crippen molar-refractivity contribution >= 4 is 16.7 Å². The first kappa shape index (κ1) is 14.4. The number of aryl methyl sites for hydroxylation is 1. The van der Waals surface area contributed by atoms with Gasteiger partial charge in [0.2, 0.25) is 5.13 Å². The second-order valence-corrected chi connectivity index (χ2v) is 5.76. The van der Waals surface area contributed by atoms with Gasteiger partial charge in [-0.25, -0.2) is 9.97 Å². The molecule has 21 heavy (non-hydrogen) atoms. The molecular weight excluding hydrogens is 290 g/mol. The Morgan fingerprint density at radius 1 is 1.19 bits per heavy atom. The van der Waals surface area contributed by atoms with Crippen molar-refractivity contribution in [3.63, 3.8) is 0 Å². The highest BCUT2D eigenvalue weighted by Crippen LogP contribution is 2.19. The molecule has 0 unspecified atom stereocenters. The van der Waals surface area contributed by atoms with Crippen LogP contribution in [0.25, 0.3) is 0 Å². The van der Waals surface area contributed by atoms with Gasteiger partial charge in [0.15, 0.2) is 11.6 Å². The predicted octanol–water partition coefficient (Wildman–Crippen LogP) is 0.433. The van der Waals surface area contributed by atoms with Gasteiger partial charge in [-0.3, -0.25) is 10.00 Å². The summed E-state index contributed by atoms with van der Waals surface area (Å²) in [6.07, 6.45) is 0. The smallest absolute Gasteiger partial charge is 0.205 e. The Balaban J connectivity index is 1.52. The van der Waals surface area contributed by atoms with Crippen LogP contribution in [0.2, 0.25) is 0 Å². The van der Waals surface area contributed by atoms with Gasteiger partial charge in [0, 0.05) is 44.8 Å². The number of ether oxygens (including phenoxy) is 1. The van der Waals surface area contributed by atoms with Crippen LogP contribution in [0.4, 0.5) is 5.13 Å². The van der Waals surface area contributed by atoms with Gasteiger partial charge in [-0.05, 0) is 6.92 Å². The van der Waals surface area contributed by atoms with Gasteiger partial charge in [-0.1, -0.05) is 0 Å². The predicted molar refractivity (Wildman–Crippen MR) is 79.2 cm³/mol. The lowest BCUT2D eigenvalue weighted by atomic mass is 10.3. The lowest BCUT2D eigenvalue weighted by Crippen LogP contribution is -2.46. The molecule has 1 aliphatic rings. The molecular formula is C12H19N7OS. The SMILES string of the molecule is COCc1nsc(N2CCN(Cc3n[nH]c(C)n3)CC2)n1. The van der Waals surface area contributed by atoms with Gasteiger partial charge in [0.05, 0.1) is 6.54 Å². The number of aromatic nitrogens is 5. The van der Waals surface area contributed by atoms with Crippen molar-refractivity contribution in [2.24, 2.45) is 0 Å². The van der Waals surface area contributed by atoms with Crippen molar-refractivity contribution < 1.29 is 4.74 Å². The average Bonchev–Trinajstić information content (AvgIpc) is 3.10. The molecule has 0 radical (unpaired) electrons. The first-order valence-corrected chi connectivity index (χ1v) is 7.68. The third kappa shape index (κ3) is 3.55. The van der Waals surface area contributed by atoms with Gasteiger partial charge in [0.25, 0.3) is 0 Å². The summed E-state index contributed by atoms with van der Waals surface area (Å²) < 4.78 is 9.35. The van der Waals surface area contributed by atoms with Crippen molar-refractivity contribution in [1.29, 1.82) is 0 Å². The molecule has 0 aromatic carbocycles. The van der Waals surface area contributed by atoms with E-state index in [1.807, 2.05) is 6.92 Å². The fraction of sp³-hybridized carbons (Fsp3) is 0.667. The van der Waals surface area contributed by atoms with E-state index in [4.69, 9.17) is 4.74 Å². The van der Waals surface area contributed by atoms with Gasteiger partial charge in [0.1, 0.15) is 12.4 Å². The minimum Gasteiger partial charge on any atom is -0.377 e. The number of rotatable bonds is 5. The number of anilines is 1. The van der Waals surface area contributed by atoms with Gasteiger partial charge < -0.3 is 9.64 Å². The lowest BCUT2D eigenvalue weighted by Gasteiger charge is -2.33. The topological polar surface area (TPSA) is 83.1 Å². The number of aromatic amines is 1. The molecule has 0 atom stereocenters. The second-order valence-electron chi connectivity index (χ2n) is 5.03. The van der Waals surface area contributed by atoms with Crippen molar-refractivity contribution in [2.75, 3.05) is 38.2 Å². The molecule has 1 fully saturated rings. The Kier molecular flexibility index (Phi) is 4.42. The highest BCUT2D eigenvalue weighted by molar-refractivity contribution is 7.09. The number of methoxy groups -OCH3 is 1. The fourth-order valence-corrected chi connectivity index (χ4v) is 3.04. The van der Waals surface area contributed by atoms with E-state index >= 15 is 0 Å². The highest BCUT2D eigenvalue weighted by atomic mass is 32.1. The van der Waals surface area contributed by atoms with Crippen LogP contribution in [0.1, 0.15) is 17.5 Å². The van der Waals surface area contributed by atoms with E-state index < -0.39 is 0 Å². The molecule has 1 aliphatic heterocycles. The van der Waals surface area contributed by atoms with Crippen LogP contribution < -0.4 is 4.90 Å². The molecule has 0 spiro atoms. The normalized spacial score (nSPS) is 16.6. The maximum absolute atomic E-state index is 5.05. The third-order valence-corrected chi connectivity index (χ3v) is 4.20. The third-order valence-electron chi connectivity index (χ3n) is 3.38. The quantitative estimate of drug-likeness (QED) is 0.857. The Hall–Kier alpha value is -1.58. The zero-order chi connectivity index (χ0) is 14.7. The molecule has 3 heterocycles. The molecule has 8 nitrogen and oxygen atoms in total. The first-order valence-electron chi connectivity index (χ1n) is 6.91. The summed E-state index contributed by atoms with van der Waals surface area (Å²) in [5.41, 5.74) is 0. The minimum absolute atomic E-state index is 0.473. The second kappa shape index (κ2) is 6.46. The van der Waals surface area contributed by atoms with Crippen LogP contribution in [0.3, 0.4) is 0 Å². The summed E-state index contributed by atoms with van der Waals surface area (Å²) in [4.78, 5) is 13.5. The zero-order valence-corrected chi connectivity index (χ0v) is 13.1. The Labute approximate surface area is 127 Å². The minimum atomic E-state index is 0.473. The van der Waals surface area contributed by atoms with Crippen molar-refractivity contribution in [3.8, 4) is 0 Å². The number of hydrogen-bond donors (Lipinski definition) is 1. The molecule has 1 N–H and O–H groups in total. The summed E-state index contributed by atoms with van der Waals surface area (Å²) in [5.74, 6) is 2.48. The molecule has 2 aromatic heterocycles. The summed E-state index contributed by atoms with van der Waals surface area (Å²) in [5, 5.41) is 8.05. The van der Waals surface area contributed by atoms with Crippen LogP contribution in [-0.2, 0) is 17.9 Å². The summed E-state index contributed by atoms with van der Waals surface area (Å²) >= 11 is 1.44. The highest BCUT2D eigenvalue weighted by Gasteiger charge is 2.21. The Morgan fingerprint density at radius 2 is 2.00 bits per heavy atom. The van der Waals surface area contributed by atoms with Crippen LogP contribution in [0.5, 0.6) is 0 Å². The maximum Gasteiger partial charge on any atom is 0.205 e. The molecule has 0 saturated carbocycles. The Bertz CT molecular complexity index is 576. The van der Waals surface area contributed by atoms with Crippen molar-refractivity contribution in [3.05, 3.63) is 17.5 Å². The first-order chi connectivity index (χ1) is 10.2. The van der Waals surface area contributed by atoms with Gasteiger partial charge in [-0.2, -0.15) is 9.47 Å². The number of H-pyrrole nitrogens is 1. The molecule has 3 rings (SSSR count). The van der Waals surface area contributed by atoms with Gasteiger partial charge in [-0.15, -0.1) is 0 Å². The van der Waals surface area contributed by atoms with Crippen molar-refractivity contribution in [1.82, 2.24) is 29.4 Å². The Morgan fingerprint density at radius 3 is 2.67 bits per heavy atom. The molecule has 0 bridgehead atoms. The standard InChI is InChI=1S/C12H19N7OS/c1-9-13-10(16-15-9)7-18-3-5-19(6-4-18)12-14-11(8-20-2)17-21-12/h3-8H2,1-2H3,(H,13,15,16). The zero-order valence-electron chi connectivity index (χ0n) is 12.2. The summed E-state index contributed by atoms with van der Waals surface area (Å²) in [6, 6.07) is 0. The summed E-state index contributed by atoms with van der Waals surface area (Å²) in [7, 11) is 1.66. The van der Waals surface area contributed by atoms with Crippen molar-refractivity contribution in [2.45, 2.75) is 20.1 Å². The molecule has 0 aliphatic carbocycles. The molecule has 1 saturated heterocycles. The lowest BCUT2D eigenvalue weighted by molar-refractivity contribution is 0.179. The van der Waals surface area contributed by atoms with E-state index in [1.165, 1.54) is 11.5 Å². The maximum atomic E-state index is 5.05. The van der Waals surface area contributed by atoms with Gasteiger partial charge >= 0.3 is 0 Å². The molecule has 9 heteroatoms. The molecule has 114 valence electrons.